The van der Waals surface area contributed by atoms with E-state index in [1.807, 2.05) is 34.1 Å². The molecule has 0 spiro atoms. The van der Waals surface area contributed by atoms with Gasteiger partial charge in [0.15, 0.2) is 5.58 Å². The minimum Gasteiger partial charge on any atom is -0.423 e. The summed E-state index contributed by atoms with van der Waals surface area (Å²) in [5, 5.41) is 2.12. The summed E-state index contributed by atoms with van der Waals surface area (Å²) >= 11 is 1.80. The molecule has 6 heteroatoms. The van der Waals surface area contributed by atoms with Gasteiger partial charge in [-0.15, -0.1) is 11.3 Å². The van der Waals surface area contributed by atoms with Gasteiger partial charge in [-0.1, -0.05) is 12.1 Å². The van der Waals surface area contributed by atoms with Crippen LogP contribution in [0.2, 0.25) is 0 Å². The largest absolute Gasteiger partial charge is 0.423 e. The van der Waals surface area contributed by atoms with Crippen LogP contribution in [-0.2, 0) is 17.8 Å². The average Bonchev–Trinajstić information content (AvgIpc) is 3.18. The van der Waals surface area contributed by atoms with Crippen molar-refractivity contribution in [3.8, 4) is 0 Å². The molecule has 0 aliphatic carbocycles. The summed E-state index contributed by atoms with van der Waals surface area (Å²) < 4.78 is 5.77. The normalized spacial score (nSPS) is 17.8. The monoisotopic (exact) mass is 339 g/mol. The van der Waals surface area contributed by atoms with Crippen molar-refractivity contribution in [3.05, 3.63) is 46.2 Å². The molecule has 2 aromatic heterocycles. The molecule has 1 saturated heterocycles. The number of aromatic nitrogens is 1. The third kappa shape index (κ3) is 2.21. The average molecular weight is 339 g/mol. The molecule has 1 aromatic carbocycles. The Balaban J connectivity index is 1.25. The van der Waals surface area contributed by atoms with E-state index in [-0.39, 0.29) is 11.8 Å². The Morgan fingerprint density at radius 2 is 2.12 bits per heavy atom. The maximum absolute atomic E-state index is 12.7. The number of hydrogen-bond donors (Lipinski definition) is 0. The first-order valence-corrected chi connectivity index (χ1v) is 9.10. The number of fused-ring (bicyclic) bond motifs is 2. The quantitative estimate of drug-likeness (QED) is 0.720. The minimum atomic E-state index is 0.0557. The Bertz CT molecular complexity index is 877. The maximum atomic E-state index is 12.7. The molecular weight excluding hydrogens is 322 g/mol. The Kier molecular flexibility index (Phi) is 3.13. The molecule has 0 N–H and O–H groups in total. The van der Waals surface area contributed by atoms with Crippen LogP contribution >= 0.6 is 11.3 Å². The lowest BCUT2D eigenvalue weighted by atomic mass is 9.97. The fraction of sp³-hybridized carbons (Fsp3) is 0.333. The highest BCUT2D eigenvalue weighted by molar-refractivity contribution is 7.10. The number of carbonyl (C=O) groups is 1. The van der Waals surface area contributed by atoms with Gasteiger partial charge in [-0.25, -0.2) is 0 Å². The first-order chi connectivity index (χ1) is 11.8. The molecule has 24 heavy (non-hydrogen) atoms. The van der Waals surface area contributed by atoms with E-state index >= 15 is 0 Å². The van der Waals surface area contributed by atoms with Crippen LogP contribution in [0.3, 0.4) is 0 Å². The predicted molar refractivity (Wildman–Crippen MR) is 93.2 cm³/mol. The Hall–Kier alpha value is -2.34. The van der Waals surface area contributed by atoms with Gasteiger partial charge in [0.25, 0.3) is 6.01 Å². The van der Waals surface area contributed by atoms with E-state index in [0.717, 1.165) is 30.6 Å². The third-order valence-electron chi connectivity index (χ3n) is 4.90. The van der Waals surface area contributed by atoms with Crippen LogP contribution < -0.4 is 4.90 Å². The van der Waals surface area contributed by atoms with Crippen molar-refractivity contribution >= 4 is 34.4 Å². The molecule has 0 atom stereocenters. The smallest absolute Gasteiger partial charge is 0.298 e. The summed E-state index contributed by atoms with van der Waals surface area (Å²) in [6, 6.07) is 10.5. The van der Waals surface area contributed by atoms with Crippen molar-refractivity contribution < 1.29 is 9.21 Å². The number of thiophene rings is 1. The van der Waals surface area contributed by atoms with Gasteiger partial charge in [0.2, 0.25) is 5.91 Å². The molecular formula is C18H17N3O2S. The number of carbonyl (C=O) groups excluding carboxylic acids is 1. The molecule has 5 rings (SSSR count). The second-order valence-electron chi connectivity index (χ2n) is 6.44. The van der Waals surface area contributed by atoms with Gasteiger partial charge in [0.1, 0.15) is 5.52 Å². The van der Waals surface area contributed by atoms with Gasteiger partial charge in [0, 0.05) is 31.1 Å². The maximum Gasteiger partial charge on any atom is 0.298 e. The topological polar surface area (TPSA) is 49.6 Å². The summed E-state index contributed by atoms with van der Waals surface area (Å²) in [6.45, 7) is 2.99. The number of amides is 1. The molecule has 5 nitrogen and oxygen atoms in total. The lowest BCUT2D eigenvalue weighted by molar-refractivity contribution is -0.137. The van der Waals surface area contributed by atoms with Gasteiger partial charge in [0.05, 0.1) is 5.92 Å². The molecule has 4 heterocycles. The molecule has 3 aromatic rings. The number of benzene rings is 1. The summed E-state index contributed by atoms with van der Waals surface area (Å²) in [5.74, 6) is 0.319. The number of nitrogens with zero attached hydrogens (tertiary/aromatic N) is 3. The lowest BCUT2D eigenvalue weighted by Gasteiger charge is -2.40. The number of oxazole rings is 1. The van der Waals surface area contributed by atoms with E-state index in [2.05, 4.69) is 16.4 Å². The summed E-state index contributed by atoms with van der Waals surface area (Å²) in [6.07, 6.45) is 0.986. The van der Waals surface area contributed by atoms with Gasteiger partial charge >= 0.3 is 0 Å². The van der Waals surface area contributed by atoms with Crippen LogP contribution in [-0.4, -0.2) is 35.4 Å². The van der Waals surface area contributed by atoms with Crippen LogP contribution in [0.1, 0.15) is 10.4 Å². The van der Waals surface area contributed by atoms with E-state index < -0.39 is 0 Å². The van der Waals surface area contributed by atoms with Gasteiger partial charge < -0.3 is 14.2 Å². The number of para-hydroxylation sites is 2. The number of hydrogen-bond acceptors (Lipinski definition) is 5. The van der Waals surface area contributed by atoms with E-state index in [1.54, 1.807) is 11.3 Å². The zero-order valence-electron chi connectivity index (χ0n) is 13.1. The highest BCUT2D eigenvalue weighted by Gasteiger charge is 2.38. The Labute approximate surface area is 143 Å². The first kappa shape index (κ1) is 14.0. The van der Waals surface area contributed by atoms with E-state index in [1.165, 1.54) is 10.4 Å². The van der Waals surface area contributed by atoms with Crippen LogP contribution in [0.15, 0.2) is 40.1 Å². The fourth-order valence-corrected chi connectivity index (χ4v) is 4.37. The van der Waals surface area contributed by atoms with E-state index in [9.17, 15) is 4.79 Å². The molecule has 0 unspecified atom stereocenters. The second-order valence-corrected chi connectivity index (χ2v) is 7.45. The third-order valence-corrected chi connectivity index (χ3v) is 5.93. The van der Waals surface area contributed by atoms with Gasteiger partial charge in [-0.05, 0) is 35.6 Å². The Morgan fingerprint density at radius 3 is 3.00 bits per heavy atom. The van der Waals surface area contributed by atoms with Gasteiger partial charge in [-0.2, -0.15) is 4.98 Å². The van der Waals surface area contributed by atoms with Crippen molar-refractivity contribution in [1.29, 1.82) is 0 Å². The van der Waals surface area contributed by atoms with Crippen LogP contribution in [0.5, 0.6) is 0 Å². The van der Waals surface area contributed by atoms with E-state index in [0.29, 0.717) is 19.1 Å². The predicted octanol–water partition coefficient (Wildman–Crippen LogP) is 2.91. The Morgan fingerprint density at radius 1 is 1.25 bits per heavy atom. The van der Waals surface area contributed by atoms with Crippen molar-refractivity contribution in [3.63, 3.8) is 0 Å². The summed E-state index contributed by atoms with van der Waals surface area (Å²) in [5.41, 5.74) is 2.97. The molecule has 0 saturated carbocycles. The number of anilines is 1. The molecule has 2 aliphatic heterocycles. The first-order valence-electron chi connectivity index (χ1n) is 8.22. The molecule has 122 valence electrons. The van der Waals surface area contributed by atoms with Crippen molar-refractivity contribution in [1.82, 2.24) is 9.88 Å². The van der Waals surface area contributed by atoms with E-state index in [4.69, 9.17) is 4.42 Å². The molecule has 2 aliphatic rings. The van der Waals surface area contributed by atoms with Crippen molar-refractivity contribution in [2.75, 3.05) is 24.5 Å². The second kappa shape index (κ2) is 5.34. The van der Waals surface area contributed by atoms with Crippen molar-refractivity contribution in [2.45, 2.75) is 13.0 Å². The highest BCUT2D eigenvalue weighted by atomic mass is 32.1. The molecule has 0 radical (unpaired) electrons. The lowest BCUT2D eigenvalue weighted by Crippen LogP contribution is -2.55. The molecule has 0 bridgehead atoms. The SMILES string of the molecule is O=C(C1CN(c2nc3ccccc3o2)C1)N1CCc2sccc2C1. The van der Waals surface area contributed by atoms with Crippen LogP contribution in [0.25, 0.3) is 11.1 Å². The zero-order chi connectivity index (χ0) is 16.1. The van der Waals surface area contributed by atoms with Crippen LogP contribution in [0, 0.1) is 5.92 Å². The summed E-state index contributed by atoms with van der Waals surface area (Å²) in [4.78, 5) is 22.7. The van der Waals surface area contributed by atoms with Gasteiger partial charge in [-0.3, -0.25) is 4.79 Å². The standard InChI is InChI=1S/C18H17N3O2S/c22-17(20-7-5-16-12(9-20)6-8-24-16)13-10-21(11-13)18-19-14-3-1-2-4-15(14)23-18/h1-4,6,8,13H,5,7,9-11H2. The van der Waals surface area contributed by atoms with Crippen molar-refractivity contribution in [2.24, 2.45) is 5.92 Å². The van der Waals surface area contributed by atoms with Crippen LogP contribution in [0.4, 0.5) is 6.01 Å². The fourth-order valence-electron chi connectivity index (χ4n) is 3.48. The highest BCUT2D eigenvalue weighted by Crippen LogP contribution is 2.30. The summed E-state index contributed by atoms with van der Waals surface area (Å²) in [7, 11) is 0. The minimum absolute atomic E-state index is 0.0557. The molecule has 1 fully saturated rings. The zero-order valence-corrected chi connectivity index (χ0v) is 14.0. The number of rotatable bonds is 2. The molecule has 1 amide bonds.